The third-order valence-corrected chi connectivity index (χ3v) is 4.40. The molecule has 0 bridgehead atoms. The molecule has 19 heavy (non-hydrogen) atoms. The molecule has 0 aromatic heterocycles. The van der Waals surface area contributed by atoms with E-state index in [0.29, 0.717) is 16.4 Å². The Bertz CT molecular complexity index is 628. The fraction of sp³-hybridized carbons (Fsp3) is 0.273. The number of carbonyl (C=O) groups is 1. The zero-order valence-corrected chi connectivity index (χ0v) is 12.5. The molecule has 0 saturated carbocycles. The molecule has 102 valence electrons. The van der Waals surface area contributed by atoms with E-state index < -0.39 is 10.0 Å². The number of anilines is 1. The van der Waals surface area contributed by atoms with Crippen LogP contribution in [0, 0.1) is 0 Å². The van der Waals surface area contributed by atoms with Crippen molar-refractivity contribution in [3.8, 4) is 0 Å². The summed E-state index contributed by atoms with van der Waals surface area (Å²) in [5, 5.41) is 2.33. The maximum absolute atomic E-state index is 11.6. The van der Waals surface area contributed by atoms with Crippen LogP contribution in [0.1, 0.15) is 5.56 Å². The first-order valence-electron chi connectivity index (χ1n) is 5.42. The lowest BCUT2D eigenvalue weighted by Gasteiger charge is -2.08. The highest BCUT2D eigenvalue weighted by molar-refractivity contribution is 8.24. The number of sulfonamides is 1. The molecule has 1 aromatic rings. The topological polar surface area (TPSA) is 75.3 Å². The Balaban J connectivity index is 2.11. The number of rotatable bonds is 4. The van der Waals surface area contributed by atoms with Crippen molar-refractivity contribution >= 4 is 49.9 Å². The third kappa shape index (κ3) is 4.19. The van der Waals surface area contributed by atoms with Crippen LogP contribution in [0.4, 0.5) is 5.69 Å². The molecule has 1 aliphatic rings. The quantitative estimate of drug-likeness (QED) is 0.814. The van der Waals surface area contributed by atoms with Crippen LogP contribution in [-0.4, -0.2) is 30.2 Å². The zero-order valence-electron chi connectivity index (χ0n) is 10.0. The van der Waals surface area contributed by atoms with Crippen LogP contribution >= 0.6 is 24.0 Å². The molecule has 1 fully saturated rings. The number of benzene rings is 1. The Labute approximate surface area is 121 Å². The minimum Gasteiger partial charge on any atom is -0.311 e. The number of thiocarbonyl (C=S) groups is 1. The molecule has 1 aliphatic heterocycles. The summed E-state index contributed by atoms with van der Waals surface area (Å²) in [6, 6.07) is 6.98. The van der Waals surface area contributed by atoms with E-state index in [1.54, 1.807) is 18.2 Å². The normalized spacial score (nSPS) is 19.3. The number of hydrogen-bond donors (Lipinski definition) is 2. The summed E-state index contributed by atoms with van der Waals surface area (Å²) in [5.41, 5.74) is 1.37. The number of amides is 1. The lowest BCUT2D eigenvalue weighted by atomic mass is 10.1. The Morgan fingerprint density at radius 3 is 2.79 bits per heavy atom. The number of thioether (sulfide) groups is 1. The largest absolute Gasteiger partial charge is 0.311 e. The summed E-state index contributed by atoms with van der Waals surface area (Å²) in [7, 11) is -3.30. The molecule has 1 atom stereocenters. The fourth-order valence-electron chi connectivity index (χ4n) is 1.72. The molecule has 0 aliphatic carbocycles. The van der Waals surface area contributed by atoms with Crippen LogP contribution in [0.2, 0.25) is 0 Å². The maximum Gasteiger partial charge on any atom is 0.239 e. The molecule has 1 saturated heterocycles. The molecule has 1 unspecified atom stereocenters. The predicted molar refractivity (Wildman–Crippen MR) is 80.7 cm³/mol. The van der Waals surface area contributed by atoms with Gasteiger partial charge in [-0.1, -0.05) is 36.1 Å². The van der Waals surface area contributed by atoms with Gasteiger partial charge in [0.1, 0.15) is 4.32 Å². The molecular weight excluding hydrogens is 304 g/mol. The SMILES string of the molecule is CS(=O)(=O)Nc1cccc(CC2SC(=S)NC2=O)c1. The standard InChI is InChI=1S/C11H12N2O3S3/c1-19(15,16)13-8-4-2-3-7(5-8)6-9-10(14)12-11(17)18-9/h2-5,9,13H,6H2,1H3,(H,12,14,17). The average Bonchev–Trinajstić information content (AvgIpc) is 2.55. The van der Waals surface area contributed by atoms with E-state index in [-0.39, 0.29) is 11.2 Å². The van der Waals surface area contributed by atoms with Gasteiger partial charge in [0, 0.05) is 5.69 Å². The molecule has 5 nitrogen and oxygen atoms in total. The second-order valence-corrected chi connectivity index (χ2v) is 7.79. The molecular formula is C11H12N2O3S3. The van der Waals surface area contributed by atoms with Gasteiger partial charge < -0.3 is 5.32 Å². The Hall–Kier alpha value is -1.12. The van der Waals surface area contributed by atoms with Gasteiger partial charge in [-0.05, 0) is 24.1 Å². The minimum absolute atomic E-state index is 0.100. The van der Waals surface area contributed by atoms with Gasteiger partial charge in [0.05, 0.1) is 11.5 Å². The predicted octanol–water partition coefficient (Wildman–Crippen LogP) is 1.12. The van der Waals surface area contributed by atoms with Crippen molar-refractivity contribution in [2.75, 3.05) is 11.0 Å². The highest BCUT2D eigenvalue weighted by Gasteiger charge is 2.28. The zero-order chi connectivity index (χ0) is 14.0. The molecule has 0 spiro atoms. The first-order valence-corrected chi connectivity index (χ1v) is 8.59. The average molecular weight is 316 g/mol. The number of carbonyl (C=O) groups excluding carboxylic acids is 1. The van der Waals surface area contributed by atoms with E-state index in [9.17, 15) is 13.2 Å². The van der Waals surface area contributed by atoms with Crippen molar-refractivity contribution in [1.82, 2.24) is 5.32 Å². The van der Waals surface area contributed by atoms with E-state index in [1.165, 1.54) is 11.8 Å². The van der Waals surface area contributed by atoms with Gasteiger partial charge in [-0.25, -0.2) is 8.42 Å². The Morgan fingerprint density at radius 2 is 2.21 bits per heavy atom. The van der Waals surface area contributed by atoms with Crippen molar-refractivity contribution in [3.63, 3.8) is 0 Å². The molecule has 2 rings (SSSR count). The van der Waals surface area contributed by atoms with Crippen molar-refractivity contribution in [2.24, 2.45) is 0 Å². The Kier molecular flexibility index (Phi) is 4.12. The summed E-state index contributed by atoms with van der Waals surface area (Å²) >= 11 is 6.25. The van der Waals surface area contributed by atoms with Gasteiger partial charge in [0.2, 0.25) is 15.9 Å². The smallest absolute Gasteiger partial charge is 0.239 e. The lowest BCUT2D eigenvalue weighted by Crippen LogP contribution is -2.25. The summed E-state index contributed by atoms with van der Waals surface area (Å²) in [6.45, 7) is 0. The highest BCUT2D eigenvalue weighted by Crippen LogP contribution is 2.24. The van der Waals surface area contributed by atoms with Crippen molar-refractivity contribution in [2.45, 2.75) is 11.7 Å². The van der Waals surface area contributed by atoms with E-state index in [0.717, 1.165) is 11.8 Å². The van der Waals surface area contributed by atoms with Crippen molar-refractivity contribution in [1.29, 1.82) is 0 Å². The van der Waals surface area contributed by atoms with Gasteiger partial charge in [0.25, 0.3) is 0 Å². The van der Waals surface area contributed by atoms with Gasteiger partial charge in [-0.15, -0.1) is 0 Å². The minimum atomic E-state index is -3.30. The van der Waals surface area contributed by atoms with Gasteiger partial charge in [-0.3, -0.25) is 9.52 Å². The fourth-order valence-corrected chi connectivity index (χ4v) is 3.58. The van der Waals surface area contributed by atoms with Crippen molar-refractivity contribution < 1.29 is 13.2 Å². The second kappa shape index (κ2) is 5.48. The molecule has 2 N–H and O–H groups in total. The summed E-state index contributed by atoms with van der Waals surface area (Å²) in [6.07, 6.45) is 1.61. The molecule has 0 radical (unpaired) electrons. The van der Waals surface area contributed by atoms with Gasteiger partial charge in [-0.2, -0.15) is 0 Å². The monoisotopic (exact) mass is 316 g/mol. The first kappa shape index (κ1) is 14.3. The third-order valence-electron chi connectivity index (χ3n) is 2.42. The van der Waals surface area contributed by atoms with Crippen molar-refractivity contribution in [3.05, 3.63) is 29.8 Å². The molecule has 1 aromatic carbocycles. The summed E-state index contributed by atoms with van der Waals surface area (Å²) in [4.78, 5) is 11.6. The van der Waals surface area contributed by atoms with Gasteiger partial charge in [0.15, 0.2) is 0 Å². The van der Waals surface area contributed by atoms with Crippen LogP contribution in [0.25, 0.3) is 0 Å². The van der Waals surface area contributed by atoms with Crippen LogP contribution in [0.5, 0.6) is 0 Å². The van der Waals surface area contributed by atoms with E-state index in [1.807, 2.05) is 6.07 Å². The summed E-state index contributed by atoms with van der Waals surface area (Å²) in [5.74, 6) is -0.100. The summed E-state index contributed by atoms with van der Waals surface area (Å²) < 4.78 is 25.2. The molecule has 1 heterocycles. The van der Waals surface area contributed by atoms with Crippen LogP contribution < -0.4 is 10.0 Å². The maximum atomic E-state index is 11.6. The van der Waals surface area contributed by atoms with Crippen LogP contribution in [0.3, 0.4) is 0 Å². The second-order valence-electron chi connectivity index (χ2n) is 4.16. The van der Waals surface area contributed by atoms with E-state index in [2.05, 4.69) is 10.0 Å². The Morgan fingerprint density at radius 1 is 1.47 bits per heavy atom. The number of hydrogen-bond acceptors (Lipinski definition) is 5. The lowest BCUT2D eigenvalue weighted by molar-refractivity contribution is -0.118. The van der Waals surface area contributed by atoms with E-state index in [4.69, 9.17) is 12.2 Å². The number of nitrogens with one attached hydrogen (secondary N) is 2. The highest BCUT2D eigenvalue weighted by atomic mass is 32.2. The van der Waals surface area contributed by atoms with Crippen LogP contribution in [-0.2, 0) is 21.2 Å². The first-order chi connectivity index (χ1) is 8.83. The van der Waals surface area contributed by atoms with Gasteiger partial charge >= 0.3 is 0 Å². The molecule has 8 heteroatoms. The molecule has 1 amide bonds. The van der Waals surface area contributed by atoms with Crippen LogP contribution in [0.15, 0.2) is 24.3 Å². The van der Waals surface area contributed by atoms with E-state index >= 15 is 0 Å².